The van der Waals surface area contributed by atoms with E-state index in [0.29, 0.717) is 12.3 Å². The van der Waals surface area contributed by atoms with Crippen LogP contribution in [-0.4, -0.2) is 35.8 Å². The third kappa shape index (κ3) is 3.37. The number of nitrogen functional groups attached to an aromatic ring is 1. The Hall–Kier alpha value is -1.31. The Morgan fingerprint density at radius 1 is 1.32 bits per heavy atom. The number of hydrogen-bond acceptors (Lipinski definition) is 5. The molecule has 108 valence electrons. The number of benzene rings is 1. The molecule has 1 aromatic rings. The Morgan fingerprint density at radius 3 is 2.47 bits per heavy atom. The molecule has 0 fully saturated rings. The third-order valence-electron chi connectivity index (χ3n) is 2.90. The fourth-order valence-electron chi connectivity index (χ4n) is 1.65. The molecule has 0 heterocycles. The van der Waals surface area contributed by atoms with Crippen LogP contribution < -0.4 is 15.2 Å². The van der Waals surface area contributed by atoms with E-state index in [1.807, 2.05) is 6.92 Å². The van der Waals surface area contributed by atoms with E-state index in [1.54, 1.807) is 13.0 Å². The number of nitrogens with two attached hydrogens (primary N) is 1. The molecule has 0 saturated carbocycles. The Kier molecular flexibility index (Phi) is 5.16. The van der Waals surface area contributed by atoms with Gasteiger partial charge in [0.25, 0.3) is 0 Å². The molecule has 0 aliphatic carbocycles. The summed E-state index contributed by atoms with van der Waals surface area (Å²) in [6.07, 6.45) is 0. The van der Waals surface area contributed by atoms with Gasteiger partial charge in [-0.15, -0.1) is 0 Å². The predicted molar refractivity (Wildman–Crippen MR) is 73.9 cm³/mol. The van der Waals surface area contributed by atoms with Crippen molar-refractivity contribution in [1.29, 1.82) is 0 Å². The zero-order valence-corrected chi connectivity index (χ0v) is 12.4. The Morgan fingerprint density at radius 2 is 1.95 bits per heavy atom. The van der Waals surface area contributed by atoms with Crippen LogP contribution >= 0.6 is 0 Å². The summed E-state index contributed by atoms with van der Waals surface area (Å²) < 4.78 is 36.8. The molecule has 0 aromatic heterocycles. The first-order valence-electron chi connectivity index (χ1n) is 5.77. The minimum atomic E-state index is -3.67. The molecule has 19 heavy (non-hydrogen) atoms. The molecule has 1 aromatic carbocycles. The lowest BCUT2D eigenvalue weighted by Crippen LogP contribution is -2.28. The van der Waals surface area contributed by atoms with Crippen LogP contribution in [0.25, 0.3) is 0 Å². The normalized spacial score (nSPS) is 11.6. The second-order valence-corrected chi connectivity index (χ2v) is 5.89. The van der Waals surface area contributed by atoms with Gasteiger partial charge >= 0.3 is 0 Å². The average Bonchev–Trinajstić information content (AvgIpc) is 2.35. The van der Waals surface area contributed by atoms with Gasteiger partial charge in [-0.05, 0) is 31.0 Å². The van der Waals surface area contributed by atoms with Crippen LogP contribution in [0, 0.1) is 13.8 Å². The van der Waals surface area contributed by atoms with Crippen LogP contribution in [0.1, 0.15) is 11.1 Å². The maximum Gasteiger partial charge on any atom is 0.244 e. The van der Waals surface area contributed by atoms with Crippen molar-refractivity contribution in [3.8, 4) is 5.75 Å². The molecule has 0 amide bonds. The summed E-state index contributed by atoms with van der Waals surface area (Å²) in [5, 5.41) is 0. The summed E-state index contributed by atoms with van der Waals surface area (Å²) in [6.45, 7) is 4.11. The fraction of sp³-hybridized carbons (Fsp3) is 0.500. The summed E-state index contributed by atoms with van der Waals surface area (Å²) in [4.78, 5) is 0.0479. The quantitative estimate of drug-likeness (QED) is 0.597. The monoisotopic (exact) mass is 288 g/mol. The average molecular weight is 288 g/mol. The van der Waals surface area contributed by atoms with Gasteiger partial charge in [0, 0.05) is 13.7 Å². The molecule has 1 rings (SSSR count). The largest absolute Gasteiger partial charge is 0.493 e. The molecular formula is C12H20N2O4S. The van der Waals surface area contributed by atoms with E-state index in [0.717, 1.165) is 11.1 Å². The van der Waals surface area contributed by atoms with Crippen molar-refractivity contribution < 1.29 is 17.9 Å². The van der Waals surface area contributed by atoms with Crippen molar-refractivity contribution >= 4 is 15.7 Å². The van der Waals surface area contributed by atoms with E-state index in [1.165, 1.54) is 14.2 Å². The molecule has 0 bridgehead atoms. The van der Waals surface area contributed by atoms with E-state index in [-0.39, 0.29) is 17.2 Å². The Balaban J connectivity index is 3.26. The molecule has 0 radical (unpaired) electrons. The lowest BCUT2D eigenvalue weighted by molar-refractivity contribution is 0.204. The Bertz CT molecular complexity index is 555. The highest BCUT2D eigenvalue weighted by Gasteiger charge is 2.23. The maximum atomic E-state index is 12.2. The predicted octanol–water partition coefficient (Wildman–Crippen LogP) is 0.819. The summed E-state index contributed by atoms with van der Waals surface area (Å²) in [5.41, 5.74) is 7.86. The Labute approximate surface area is 113 Å². The second-order valence-electron chi connectivity index (χ2n) is 4.15. The van der Waals surface area contributed by atoms with Crippen LogP contribution in [0.15, 0.2) is 11.0 Å². The van der Waals surface area contributed by atoms with Gasteiger partial charge in [0.05, 0.1) is 19.4 Å². The maximum absolute atomic E-state index is 12.2. The van der Waals surface area contributed by atoms with E-state index >= 15 is 0 Å². The van der Waals surface area contributed by atoms with Crippen molar-refractivity contribution in [2.45, 2.75) is 18.7 Å². The van der Waals surface area contributed by atoms with Gasteiger partial charge in [-0.1, -0.05) is 0 Å². The van der Waals surface area contributed by atoms with E-state index in [4.69, 9.17) is 15.2 Å². The molecule has 0 aliphatic heterocycles. The minimum Gasteiger partial charge on any atom is -0.493 e. The van der Waals surface area contributed by atoms with Crippen molar-refractivity contribution in [2.24, 2.45) is 0 Å². The molecule has 0 saturated heterocycles. The van der Waals surface area contributed by atoms with Crippen LogP contribution in [0.3, 0.4) is 0 Å². The number of nitrogens with one attached hydrogen (secondary N) is 1. The summed E-state index contributed by atoms with van der Waals surface area (Å²) in [6, 6.07) is 1.56. The molecule has 0 spiro atoms. The van der Waals surface area contributed by atoms with Gasteiger partial charge in [-0.2, -0.15) is 0 Å². The van der Waals surface area contributed by atoms with Crippen molar-refractivity contribution in [1.82, 2.24) is 4.72 Å². The van der Waals surface area contributed by atoms with Gasteiger partial charge in [0.15, 0.2) is 5.75 Å². The van der Waals surface area contributed by atoms with Crippen molar-refractivity contribution in [3.05, 3.63) is 17.2 Å². The number of rotatable bonds is 6. The number of methoxy groups -OCH3 is 2. The lowest BCUT2D eigenvalue weighted by Gasteiger charge is -2.16. The molecule has 7 heteroatoms. The molecule has 0 atom stereocenters. The van der Waals surface area contributed by atoms with Gasteiger partial charge in [0.1, 0.15) is 4.90 Å². The van der Waals surface area contributed by atoms with E-state index < -0.39 is 10.0 Å². The lowest BCUT2D eigenvalue weighted by atomic mass is 10.1. The van der Waals surface area contributed by atoms with Gasteiger partial charge < -0.3 is 15.2 Å². The summed E-state index contributed by atoms with van der Waals surface area (Å²) in [7, 11) is -0.772. The second kappa shape index (κ2) is 6.23. The first kappa shape index (κ1) is 15.7. The zero-order chi connectivity index (χ0) is 14.6. The molecule has 6 nitrogen and oxygen atoms in total. The molecular weight excluding hydrogens is 268 g/mol. The highest BCUT2D eigenvalue weighted by atomic mass is 32.2. The SMILES string of the molecule is COCCNS(=O)(=O)c1cc(C)c(C)c(N)c1OC. The van der Waals surface area contributed by atoms with Crippen molar-refractivity contribution in [3.63, 3.8) is 0 Å². The number of ether oxygens (including phenoxy) is 2. The third-order valence-corrected chi connectivity index (χ3v) is 4.37. The fourth-order valence-corrected chi connectivity index (χ4v) is 2.93. The van der Waals surface area contributed by atoms with Crippen LogP contribution in [0.5, 0.6) is 5.75 Å². The summed E-state index contributed by atoms with van der Waals surface area (Å²) in [5.74, 6) is 0.174. The molecule has 3 N–H and O–H groups in total. The van der Waals surface area contributed by atoms with Crippen LogP contribution in [0.4, 0.5) is 5.69 Å². The zero-order valence-electron chi connectivity index (χ0n) is 11.6. The van der Waals surface area contributed by atoms with Crippen LogP contribution in [-0.2, 0) is 14.8 Å². The van der Waals surface area contributed by atoms with E-state index in [9.17, 15) is 8.42 Å². The number of sulfonamides is 1. The highest BCUT2D eigenvalue weighted by molar-refractivity contribution is 7.89. The van der Waals surface area contributed by atoms with Gasteiger partial charge in [-0.3, -0.25) is 0 Å². The van der Waals surface area contributed by atoms with Crippen LogP contribution in [0.2, 0.25) is 0 Å². The smallest absolute Gasteiger partial charge is 0.244 e. The first-order chi connectivity index (χ1) is 8.85. The van der Waals surface area contributed by atoms with Crippen molar-refractivity contribution in [2.75, 3.05) is 33.1 Å². The topological polar surface area (TPSA) is 90.7 Å². The number of hydrogen-bond donors (Lipinski definition) is 2. The standard InChI is InChI=1S/C12H20N2O4S/c1-8-7-10(12(18-4)11(13)9(8)2)19(15,16)14-5-6-17-3/h7,14H,5-6,13H2,1-4H3. The van der Waals surface area contributed by atoms with E-state index in [2.05, 4.69) is 4.72 Å². The molecule has 0 aliphatic rings. The molecule has 0 unspecified atom stereocenters. The summed E-state index contributed by atoms with van der Waals surface area (Å²) >= 11 is 0. The number of anilines is 1. The number of aryl methyl sites for hydroxylation is 1. The highest BCUT2D eigenvalue weighted by Crippen LogP contribution is 2.34. The first-order valence-corrected chi connectivity index (χ1v) is 7.25. The van der Waals surface area contributed by atoms with Gasteiger partial charge in [0.2, 0.25) is 10.0 Å². The minimum absolute atomic E-state index is 0.0479. The van der Waals surface area contributed by atoms with Gasteiger partial charge in [-0.25, -0.2) is 13.1 Å².